The van der Waals surface area contributed by atoms with E-state index in [0.29, 0.717) is 23.4 Å². The summed E-state index contributed by atoms with van der Waals surface area (Å²) in [6.07, 6.45) is 0.418. The van der Waals surface area contributed by atoms with Crippen LogP contribution in [0.15, 0.2) is 41.8 Å². The highest BCUT2D eigenvalue weighted by Gasteiger charge is 2.11. The minimum atomic E-state index is -0.114. The van der Waals surface area contributed by atoms with Crippen LogP contribution in [0.4, 0.5) is 0 Å². The van der Waals surface area contributed by atoms with E-state index in [9.17, 15) is 4.79 Å². The molecule has 0 saturated heterocycles. The Morgan fingerprint density at radius 1 is 1.25 bits per heavy atom. The molecule has 1 aromatic carbocycles. The van der Waals surface area contributed by atoms with Gasteiger partial charge in [0.25, 0.3) is 5.91 Å². The van der Waals surface area contributed by atoms with Crippen LogP contribution in [-0.2, 0) is 6.54 Å². The van der Waals surface area contributed by atoms with Crippen LogP contribution in [0.25, 0.3) is 0 Å². The highest BCUT2D eigenvalue weighted by atomic mass is 32.1. The van der Waals surface area contributed by atoms with Crippen molar-refractivity contribution in [2.75, 3.05) is 6.61 Å². The third-order valence-corrected chi connectivity index (χ3v) is 3.54. The van der Waals surface area contributed by atoms with Gasteiger partial charge in [0.2, 0.25) is 0 Å². The zero-order chi connectivity index (χ0) is 14.2. The van der Waals surface area contributed by atoms with Crippen molar-refractivity contribution < 1.29 is 9.90 Å². The maximum atomic E-state index is 12.1. The minimum Gasteiger partial charge on any atom is -0.395 e. The van der Waals surface area contributed by atoms with Gasteiger partial charge in [-0.2, -0.15) is 0 Å². The lowest BCUT2D eigenvalue weighted by molar-refractivity contribution is 0.0955. The summed E-state index contributed by atoms with van der Waals surface area (Å²) in [7, 11) is 0. The van der Waals surface area contributed by atoms with Gasteiger partial charge in [0.15, 0.2) is 0 Å². The average Bonchev–Trinajstić information content (AvgIpc) is 2.95. The summed E-state index contributed by atoms with van der Waals surface area (Å²) >= 11 is 1.37. The van der Waals surface area contributed by atoms with Crippen LogP contribution in [-0.4, -0.2) is 17.6 Å². The molecule has 1 aromatic heterocycles. The Kier molecular flexibility index (Phi) is 5.36. The summed E-state index contributed by atoms with van der Waals surface area (Å²) in [5.74, 6) is 5.63. The summed E-state index contributed by atoms with van der Waals surface area (Å²) in [4.78, 5) is 12.7. The number of carbonyl (C=O) groups is 1. The van der Waals surface area contributed by atoms with Gasteiger partial charge >= 0.3 is 0 Å². The summed E-state index contributed by atoms with van der Waals surface area (Å²) in [5.41, 5.74) is 1.78. The molecular formula is C16H15NO2S. The van der Waals surface area contributed by atoms with E-state index in [2.05, 4.69) is 17.2 Å². The van der Waals surface area contributed by atoms with E-state index in [1.54, 1.807) is 0 Å². The number of carbonyl (C=O) groups excluding carboxylic acids is 1. The molecule has 0 saturated carbocycles. The molecule has 3 nitrogen and oxygen atoms in total. The number of aliphatic hydroxyl groups is 1. The molecule has 1 heterocycles. The topological polar surface area (TPSA) is 49.3 Å². The Morgan fingerprint density at radius 3 is 2.80 bits per heavy atom. The lowest BCUT2D eigenvalue weighted by atomic mass is 10.2. The number of rotatable bonds is 4. The van der Waals surface area contributed by atoms with E-state index in [1.165, 1.54) is 11.3 Å². The monoisotopic (exact) mass is 285 g/mol. The summed E-state index contributed by atoms with van der Waals surface area (Å²) in [6.45, 7) is 0.535. The first-order valence-corrected chi connectivity index (χ1v) is 7.18. The molecule has 0 fully saturated rings. The van der Waals surface area contributed by atoms with Crippen molar-refractivity contribution in [2.24, 2.45) is 0 Å². The van der Waals surface area contributed by atoms with E-state index in [4.69, 9.17) is 5.11 Å². The molecule has 0 unspecified atom stereocenters. The smallest absolute Gasteiger partial charge is 0.262 e. The number of hydrogen-bond donors (Lipinski definition) is 2. The zero-order valence-corrected chi connectivity index (χ0v) is 11.7. The Morgan fingerprint density at radius 2 is 2.05 bits per heavy atom. The number of benzene rings is 1. The Bertz CT molecular complexity index is 623. The molecule has 2 rings (SSSR count). The SMILES string of the molecule is O=C(NCc1ccccc1)c1sccc1C#CCCO. The molecule has 0 aliphatic carbocycles. The molecule has 0 aliphatic heterocycles. The Labute approximate surface area is 122 Å². The standard InChI is InChI=1S/C16H15NO2S/c18-10-5-4-8-14-9-11-20-15(14)16(19)17-12-13-6-2-1-3-7-13/h1-3,6-7,9,11,18H,5,10,12H2,(H,17,19). The molecule has 0 spiro atoms. The van der Waals surface area contributed by atoms with Gasteiger partial charge < -0.3 is 10.4 Å². The molecule has 1 amide bonds. The van der Waals surface area contributed by atoms with Gasteiger partial charge in [0.1, 0.15) is 4.88 Å². The summed E-state index contributed by atoms with van der Waals surface area (Å²) in [6, 6.07) is 11.6. The van der Waals surface area contributed by atoms with Gasteiger partial charge in [0, 0.05) is 18.5 Å². The molecule has 0 atom stereocenters. The van der Waals surface area contributed by atoms with Crippen LogP contribution in [0.3, 0.4) is 0 Å². The fraction of sp³-hybridized carbons (Fsp3) is 0.188. The molecule has 0 bridgehead atoms. The van der Waals surface area contributed by atoms with Gasteiger partial charge in [-0.1, -0.05) is 42.2 Å². The Hall–Kier alpha value is -2.09. The second-order valence-electron chi connectivity index (χ2n) is 4.11. The third-order valence-electron chi connectivity index (χ3n) is 2.63. The quantitative estimate of drug-likeness (QED) is 0.848. The summed E-state index contributed by atoms with van der Waals surface area (Å²) < 4.78 is 0. The normalized spacial score (nSPS) is 9.65. The van der Waals surface area contributed by atoms with Crippen LogP contribution < -0.4 is 5.32 Å². The molecule has 102 valence electrons. The highest BCUT2D eigenvalue weighted by Crippen LogP contribution is 2.15. The van der Waals surface area contributed by atoms with Crippen LogP contribution in [0, 0.1) is 11.8 Å². The molecule has 20 heavy (non-hydrogen) atoms. The third kappa shape index (κ3) is 3.95. The van der Waals surface area contributed by atoms with Crippen molar-refractivity contribution in [2.45, 2.75) is 13.0 Å². The van der Waals surface area contributed by atoms with E-state index in [1.807, 2.05) is 41.8 Å². The first-order chi connectivity index (χ1) is 9.81. The molecule has 2 aromatic rings. The van der Waals surface area contributed by atoms with Gasteiger partial charge in [0.05, 0.1) is 6.61 Å². The van der Waals surface area contributed by atoms with E-state index in [0.717, 1.165) is 5.56 Å². The van der Waals surface area contributed by atoms with Crippen LogP contribution in [0.1, 0.15) is 27.2 Å². The lowest BCUT2D eigenvalue weighted by Gasteiger charge is -2.04. The molecular weight excluding hydrogens is 270 g/mol. The van der Waals surface area contributed by atoms with E-state index in [-0.39, 0.29) is 12.5 Å². The predicted octanol–water partition coefficient (Wildman–Crippen LogP) is 2.41. The van der Waals surface area contributed by atoms with Crippen molar-refractivity contribution in [1.29, 1.82) is 0 Å². The molecule has 4 heteroatoms. The summed E-state index contributed by atoms with van der Waals surface area (Å²) in [5, 5.41) is 13.4. The van der Waals surface area contributed by atoms with Crippen LogP contribution in [0.5, 0.6) is 0 Å². The maximum Gasteiger partial charge on any atom is 0.262 e. The molecule has 0 radical (unpaired) electrons. The number of hydrogen-bond acceptors (Lipinski definition) is 3. The Balaban J connectivity index is 2.00. The van der Waals surface area contributed by atoms with Gasteiger partial charge in [-0.25, -0.2) is 0 Å². The molecule has 2 N–H and O–H groups in total. The van der Waals surface area contributed by atoms with Gasteiger partial charge in [-0.05, 0) is 17.0 Å². The van der Waals surface area contributed by atoms with Crippen molar-refractivity contribution in [1.82, 2.24) is 5.32 Å². The fourth-order valence-electron chi connectivity index (χ4n) is 1.66. The molecule has 0 aliphatic rings. The van der Waals surface area contributed by atoms with Gasteiger partial charge in [-0.15, -0.1) is 11.3 Å². The maximum absolute atomic E-state index is 12.1. The van der Waals surface area contributed by atoms with E-state index >= 15 is 0 Å². The second-order valence-corrected chi connectivity index (χ2v) is 5.02. The van der Waals surface area contributed by atoms with Crippen molar-refractivity contribution in [3.8, 4) is 11.8 Å². The zero-order valence-electron chi connectivity index (χ0n) is 10.9. The second kappa shape index (κ2) is 7.49. The number of amides is 1. The van der Waals surface area contributed by atoms with Crippen LogP contribution >= 0.6 is 11.3 Å². The first-order valence-electron chi connectivity index (χ1n) is 6.30. The lowest BCUT2D eigenvalue weighted by Crippen LogP contribution is -2.22. The fourth-order valence-corrected chi connectivity index (χ4v) is 2.42. The van der Waals surface area contributed by atoms with Crippen LogP contribution in [0.2, 0.25) is 0 Å². The van der Waals surface area contributed by atoms with Crippen molar-refractivity contribution in [3.63, 3.8) is 0 Å². The number of thiophene rings is 1. The van der Waals surface area contributed by atoms with Gasteiger partial charge in [-0.3, -0.25) is 4.79 Å². The average molecular weight is 285 g/mol. The number of nitrogens with one attached hydrogen (secondary N) is 1. The van der Waals surface area contributed by atoms with E-state index < -0.39 is 0 Å². The number of aliphatic hydroxyl groups excluding tert-OH is 1. The predicted molar refractivity (Wildman–Crippen MR) is 80.5 cm³/mol. The largest absolute Gasteiger partial charge is 0.395 e. The first kappa shape index (κ1) is 14.3. The van der Waals surface area contributed by atoms with Crippen molar-refractivity contribution in [3.05, 3.63) is 57.8 Å². The van der Waals surface area contributed by atoms with Crippen molar-refractivity contribution >= 4 is 17.2 Å². The highest BCUT2D eigenvalue weighted by molar-refractivity contribution is 7.12. The minimum absolute atomic E-state index is 0.0344.